The van der Waals surface area contributed by atoms with E-state index in [1.165, 1.54) is 0 Å². The number of nitrogens with two attached hydrogens (primary N) is 1. The van der Waals surface area contributed by atoms with E-state index in [1.807, 2.05) is 26.8 Å². The fraction of sp³-hybridized carbons (Fsp3) is 0.462. The van der Waals surface area contributed by atoms with Gasteiger partial charge in [0, 0.05) is 19.0 Å². The molecule has 0 amide bonds. The summed E-state index contributed by atoms with van der Waals surface area (Å²) >= 11 is 0. The quantitative estimate of drug-likeness (QED) is 0.881. The van der Waals surface area contributed by atoms with E-state index in [2.05, 4.69) is 15.1 Å². The fourth-order valence-corrected chi connectivity index (χ4v) is 1.62. The Hall–Kier alpha value is -1.79. The Morgan fingerprint density at radius 2 is 2.21 bits per heavy atom. The van der Waals surface area contributed by atoms with Crippen molar-refractivity contribution in [2.24, 2.45) is 5.73 Å². The number of nitrogens with zero attached hydrogens (tertiary/aromatic N) is 3. The molecule has 6 nitrogen and oxygen atoms in total. The summed E-state index contributed by atoms with van der Waals surface area (Å²) in [6.45, 7) is 6.62. The zero-order valence-electron chi connectivity index (χ0n) is 11.4. The highest BCUT2D eigenvalue weighted by atomic mass is 16.5. The Morgan fingerprint density at radius 3 is 2.89 bits per heavy atom. The van der Waals surface area contributed by atoms with Crippen LogP contribution >= 0.6 is 0 Å². The molecule has 102 valence electrons. The van der Waals surface area contributed by atoms with Crippen LogP contribution in [0.3, 0.4) is 0 Å². The van der Waals surface area contributed by atoms with Crippen LogP contribution in [0.25, 0.3) is 11.5 Å². The van der Waals surface area contributed by atoms with Gasteiger partial charge in [-0.1, -0.05) is 5.16 Å². The molecule has 0 radical (unpaired) electrons. The van der Waals surface area contributed by atoms with Crippen LogP contribution in [0, 0.1) is 6.92 Å². The zero-order chi connectivity index (χ0) is 13.9. The molecule has 0 aliphatic rings. The minimum atomic E-state index is -0.769. The first kappa shape index (κ1) is 13.6. The largest absolute Gasteiger partial charge is 0.379 e. The van der Waals surface area contributed by atoms with Gasteiger partial charge >= 0.3 is 0 Å². The lowest BCUT2D eigenvalue weighted by molar-refractivity contribution is 0.0962. The van der Waals surface area contributed by atoms with Crippen molar-refractivity contribution in [3.05, 3.63) is 29.8 Å². The molecule has 6 heteroatoms. The summed E-state index contributed by atoms with van der Waals surface area (Å²) in [4.78, 5) is 8.42. The molecule has 1 unspecified atom stereocenters. The highest BCUT2D eigenvalue weighted by molar-refractivity contribution is 5.52. The predicted molar refractivity (Wildman–Crippen MR) is 70.3 cm³/mol. The summed E-state index contributed by atoms with van der Waals surface area (Å²) in [6.07, 6.45) is 3.45. The molecular formula is C13H18N4O2. The monoisotopic (exact) mass is 262 g/mol. The highest BCUT2D eigenvalue weighted by Crippen LogP contribution is 2.21. The third-order valence-electron chi connectivity index (χ3n) is 2.66. The summed E-state index contributed by atoms with van der Waals surface area (Å²) in [5.41, 5.74) is 7.16. The van der Waals surface area contributed by atoms with Crippen molar-refractivity contribution in [1.29, 1.82) is 0 Å². The second kappa shape index (κ2) is 5.46. The molecule has 0 fully saturated rings. The topological polar surface area (TPSA) is 87.1 Å². The molecule has 0 aliphatic carbocycles. The van der Waals surface area contributed by atoms with Crippen molar-refractivity contribution < 1.29 is 9.26 Å². The first-order valence-corrected chi connectivity index (χ1v) is 6.16. The van der Waals surface area contributed by atoms with Gasteiger partial charge in [0.2, 0.25) is 0 Å². The van der Waals surface area contributed by atoms with Gasteiger partial charge in [-0.25, -0.2) is 0 Å². The average molecular weight is 262 g/mol. The van der Waals surface area contributed by atoms with Crippen LogP contribution in [0.2, 0.25) is 0 Å². The van der Waals surface area contributed by atoms with Crippen LogP contribution in [0.15, 0.2) is 23.0 Å². The third-order valence-corrected chi connectivity index (χ3v) is 2.66. The molecule has 2 N–H and O–H groups in total. The van der Waals surface area contributed by atoms with Gasteiger partial charge in [-0.15, -0.1) is 0 Å². The number of aryl methyl sites for hydroxylation is 1. The predicted octanol–water partition coefficient (Wildman–Crippen LogP) is 1.65. The number of hydrogen-bond donors (Lipinski definition) is 1. The van der Waals surface area contributed by atoms with Gasteiger partial charge in [0.1, 0.15) is 5.54 Å². The van der Waals surface area contributed by atoms with Gasteiger partial charge in [0.15, 0.2) is 5.82 Å². The van der Waals surface area contributed by atoms with Crippen molar-refractivity contribution in [3.8, 4) is 11.5 Å². The Labute approximate surface area is 112 Å². The summed E-state index contributed by atoms with van der Waals surface area (Å²) in [5.74, 6) is 0.844. The van der Waals surface area contributed by atoms with Crippen molar-refractivity contribution >= 4 is 0 Å². The van der Waals surface area contributed by atoms with Crippen LogP contribution in [0.5, 0.6) is 0 Å². The minimum Gasteiger partial charge on any atom is -0.379 e. The van der Waals surface area contributed by atoms with Crippen molar-refractivity contribution in [3.63, 3.8) is 0 Å². The van der Waals surface area contributed by atoms with E-state index in [9.17, 15) is 0 Å². The Bertz CT molecular complexity index is 551. The minimum absolute atomic E-state index is 0.342. The van der Waals surface area contributed by atoms with Gasteiger partial charge in [0.05, 0.1) is 12.2 Å². The van der Waals surface area contributed by atoms with Crippen LogP contribution < -0.4 is 5.73 Å². The summed E-state index contributed by atoms with van der Waals surface area (Å²) in [6, 6.07) is 1.93. The number of pyridine rings is 1. The molecule has 0 bridgehead atoms. The molecule has 0 saturated carbocycles. The SMILES string of the molecule is CCOCC(C)(N)c1noc(-c2cncc(C)c2)n1. The second-order valence-electron chi connectivity index (χ2n) is 4.73. The van der Waals surface area contributed by atoms with Gasteiger partial charge in [-0.05, 0) is 32.4 Å². The van der Waals surface area contributed by atoms with E-state index < -0.39 is 5.54 Å². The van der Waals surface area contributed by atoms with Gasteiger partial charge in [0.25, 0.3) is 5.89 Å². The maximum Gasteiger partial charge on any atom is 0.259 e. The van der Waals surface area contributed by atoms with Crippen molar-refractivity contribution in [1.82, 2.24) is 15.1 Å². The standard InChI is InChI=1S/C13H18N4O2/c1-4-18-8-13(3,14)12-16-11(19-17-12)10-5-9(2)6-15-7-10/h5-7H,4,8,14H2,1-3H3. The molecule has 2 aromatic heterocycles. The van der Waals surface area contributed by atoms with Crippen molar-refractivity contribution in [2.45, 2.75) is 26.3 Å². The molecule has 0 aliphatic heterocycles. The van der Waals surface area contributed by atoms with E-state index in [0.717, 1.165) is 11.1 Å². The molecule has 2 aromatic rings. The van der Waals surface area contributed by atoms with Crippen LogP contribution in [0.1, 0.15) is 25.2 Å². The zero-order valence-corrected chi connectivity index (χ0v) is 11.4. The Kier molecular flexibility index (Phi) is 3.92. The maximum atomic E-state index is 6.12. The number of aromatic nitrogens is 3. The van der Waals surface area contributed by atoms with Crippen LogP contribution in [0.4, 0.5) is 0 Å². The first-order valence-electron chi connectivity index (χ1n) is 6.16. The lowest BCUT2D eigenvalue weighted by atomic mass is 10.1. The Balaban J connectivity index is 2.23. The lowest BCUT2D eigenvalue weighted by Crippen LogP contribution is -2.39. The van der Waals surface area contributed by atoms with Gasteiger partial charge in [-0.2, -0.15) is 4.98 Å². The van der Waals surface area contributed by atoms with E-state index in [4.69, 9.17) is 15.0 Å². The summed E-state index contributed by atoms with van der Waals surface area (Å²) < 4.78 is 10.6. The summed E-state index contributed by atoms with van der Waals surface area (Å²) in [5, 5.41) is 3.93. The molecule has 19 heavy (non-hydrogen) atoms. The normalized spacial score (nSPS) is 14.3. The van der Waals surface area contributed by atoms with Crippen LogP contribution in [-0.2, 0) is 10.3 Å². The fourth-order valence-electron chi connectivity index (χ4n) is 1.62. The number of ether oxygens (including phenoxy) is 1. The molecule has 1 atom stereocenters. The Morgan fingerprint density at radius 1 is 1.42 bits per heavy atom. The van der Waals surface area contributed by atoms with Gasteiger partial charge in [-0.3, -0.25) is 4.98 Å². The smallest absolute Gasteiger partial charge is 0.259 e. The number of hydrogen-bond acceptors (Lipinski definition) is 6. The van der Waals surface area contributed by atoms with E-state index in [-0.39, 0.29) is 0 Å². The summed E-state index contributed by atoms with van der Waals surface area (Å²) in [7, 11) is 0. The molecule has 0 saturated heterocycles. The second-order valence-corrected chi connectivity index (χ2v) is 4.73. The molecule has 2 heterocycles. The van der Waals surface area contributed by atoms with E-state index in [1.54, 1.807) is 12.4 Å². The first-order chi connectivity index (χ1) is 9.03. The lowest BCUT2D eigenvalue weighted by Gasteiger charge is -2.19. The van der Waals surface area contributed by atoms with Crippen molar-refractivity contribution in [2.75, 3.05) is 13.2 Å². The van der Waals surface area contributed by atoms with Crippen LogP contribution in [-0.4, -0.2) is 28.3 Å². The molecule has 0 aromatic carbocycles. The average Bonchev–Trinajstić information content (AvgIpc) is 2.87. The van der Waals surface area contributed by atoms with Gasteiger partial charge < -0.3 is 15.0 Å². The maximum absolute atomic E-state index is 6.12. The third kappa shape index (κ3) is 3.15. The van der Waals surface area contributed by atoms with E-state index in [0.29, 0.717) is 24.9 Å². The van der Waals surface area contributed by atoms with E-state index >= 15 is 0 Å². The number of rotatable bonds is 5. The molecule has 2 rings (SSSR count). The highest BCUT2D eigenvalue weighted by Gasteiger charge is 2.28. The molecule has 0 spiro atoms. The molecular weight excluding hydrogens is 244 g/mol.